The number of nitrogens with zero attached hydrogens (tertiary/aromatic N) is 1. The summed E-state index contributed by atoms with van der Waals surface area (Å²) >= 11 is 0. The maximum atomic E-state index is 12.7. The molecule has 0 aromatic heterocycles. The summed E-state index contributed by atoms with van der Waals surface area (Å²) < 4.78 is 31.0. The highest BCUT2D eigenvalue weighted by molar-refractivity contribution is 7.92. The maximum Gasteiger partial charge on any atom is 0.244 e. The standard InChI is InChI=1S/C19H24N2O4S/c1-14(17-12-8-9-13-18(17)25-3)20-19(22)15(2)21(26(4,23)24)16-10-6-5-7-11-16/h5-15H,1-4H3,(H,20,22). The highest BCUT2D eigenvalue weighted by Crippen LogP contribution is 2.25. The van der Waals surface area contributed by atoms with E-state index in [1.807, 2.05) is 31.2 Å². The number of sulfonamides is 1. The molecule has 2 atom stereocenters. The molecule has 0 aliphatic carbocycles. The Morgan fingerprint density at radius 1 is 1.04 bits per heavy atom. The molecular formula is C19H24N2O4S. The Balaban J connectivity index is 2.24. The van der Waals surface area contributed by atoms with Crippen molar-refractivity contribution in [3.8, 4) is 5.75 Å². The van der Waals surface area contributed by atoms with E-state index in [1.54, 1.807) is 44.4 Å². The number of nitrogens with one attached hydrogen (secondary N) is 1. The molecule has 0 radical (unpaired) electrons. The Hall–Kier alpha value is -2.54. The third-order valence-electron chi connectivity index (χ3n) is 4.06. The molecule has 2 rings (SSSR count). The molecule has 7 heteroatoms. The van der Waals surface area contributed by atoms with Crippen LogP contribution in [0.5, 0.6) is 5.75 Å². The van der Waals surface area contributed by atoms with Gasteiger partial charge in [-0.05, 0) is 32.0 Å². The van der Waals surface area contributed by atoms with Crippen molar-refractivity contribution in [3.05, 3.63) is 60.2 Å². The zero-order valence-electron chi connectivity index (χ0n) is 15.3. The fourth-order valence-corrected chi connectivity index (χ4v) is 3.99. The van der Waals surface area contributed by atoms with Crippen LogP contribution >= 0.6 is 0 Å². The predicted octanol–water partition coefficient (Wildman–Crippen LogP) is 2.73. The van der Waals surface area contributed by atoms with Gasteiger partial charge in [-0.3, -0.25) is 9.10 Å². The smallest absolute Gasteiger partial charge is 0.244 e. The van der Waals surface area contributed by atoms with Gasteiger partial charge in [0.25, 0.3) is 0 Å². The van der Waals surface area contributed by atoms with Crippen molar-refractivity contribution >= 4 is 21.6 Å². The van der Waals surface area contributed by atoms with Crippen molar-refractivity contribution in [2.24, 2.45) is 0 Å². The molecule has 6 nitrogen and oxygen atoms in total. The van der Waals surface area contributed by atoms with E-state index in [0.29, 0.717) is 11.4 Å². The van der Waals surface area contributed by atoms with Gasteiger partial charge < -0.3 is 10.1 Å². The first kappa shape index (κ1) is 19.8. The Labute approximate surface area is 154 Å². The first-order chi connectivity index (χ1) is 12.3. The molecule has 2 aromatic carbocycles. The summed E-state index contributed by atoms with van der Waals surface area (Å²) in [5, 5.41) is 2.87. The molecule has 0 spiro atoms. The molecule has 2 unspecified atom stereocenters. The number of rotatable bonds is 7. The van der Waals surface area contributed by atoms with Crippen LogP contribution in [0.4, 0.5) is 5.69 Å². The van der Waals surface area contributed by atoms with E-state index in [2.05, 4.69) is 5.32 Å². The van der Waals surface area contributed by atoms with Gasteiger partial charge >= 0.3 is 0 Å². The molecule has 1 N–H and O–H groups in total. The summed E-state index contributed by atoms with van der Waals surface area (Å²) in [6.07, 6.45) is 1.09. The fourth-order valence-electron chi connectivity index (χ4n) is 2.82. The number of ether oxygens (including phenoxy) is 1. The normalized spacial score (nSPS) is 13.5. The van der Waals surface area contributed by atoms with E-state index in [0.717, 1.165) is 16.1 Å². The number of hydrogen-bond acceptors (Lipinski definition) is 4. The van der Waals surface area contributed by atoms with Gasteiger partial charge in [-0.25, -0.2) is 8.42 Å². The molecule has 0 heterocycles. The number of amides is 1. The zero-order chi connectivity index (χ0) is 19.3. The van der Waals surface area contributed by atoms with E-state index in [-0.39, 0.29) is 6.04 Å². The molecule has 0 aliphatic rings. The quantitative estimate of drug-likeness (QED) is 0.806. The number of hydrogen-bond donors (Lipinski definition) is 1. The average molecular weight is 376 g/mol. The molecular weight excluding hydrogens is 352 g/mol. The van der Waals surface area contributed by atoms with Crippen LogP contribution < -0.4 is 14.4 Å². The van der Waals surface area contributed by atoms with E-state index < -0.39 is 22.0 Å². The van der Waals surface area contributed by atoms with Gasteiger partial charge in [-0.15, -0.1) is 0 Å². The summed E-state index contributed by atoms with van der Waals surface area (Å²) in [7, 11) is -2.06. The third-order valence-corrected chi connectivity index (χ3v) is 5.31. The lowest BCUT2D eigenvalue weighted by Gasteiger charge is -2.29. The summed E-state index contributed by atoms with van der Waals surface area (Å²) in [6, 6.07) is 14.7. The van der Waals surface area contributed by atoms with Gasteiger partial charge in [-0.1, -0.05) is 36.4 Å². The summed E-state index contributed by atoms with van der Waals surface area (Å²) in [5.41, 5.74) is 1.27. The number of carbonyl (C=O) groups is 1. The Morgan fingerprint density at radius 3 is 2.19 bits per heavy atom. The first-order valence-electron chi connectivity index (χ1n) is 8.23. The first-order valence-corrected chi connectivity index (χ1v) is 10.1. The van der Waals surface area contributed by atoms with Crippen molar-refractivity contribution in [3.63, 3.8) is 0 Å². The highest BCUT2D eigenvalue weighted by Gasteiger charge is 2.30. The minimum absolute atomic E-state index is 0.335. The van der Waals surface area contributed by atoms with Gasteiger partial charge in [-0.2, -0.15) is 0 Å². The summed E-state index contributed by atoms with van der Waals surface area (Å²) in [4.78, 5) is 12.7. The molecule has 0 bridgehead atoms. The van der Waals surface area contributed by atoms with Crippen molar-refractivity contribution in [2.45, 2.75) is 25.9 Å². The van der Waals surface area contributed by atoms with Crippen molar-refractivity contribution in [1.82, 2.24) is 5.32 Å². The van der Waals surface area contributed by atoms with E-state index in [1.165, 1.54) is 0 Å². The van der Waals surface area contributed by atoms with Crippen molar-refractivity contribution in [1.29, 1.82) is 0 Å². The van der Waals surface area contributed by atoms with Crippen LogP contribution in [0.2, 0.25) is 0 Å². The van der Waals surface area contributed by atoms with Crippen LogP contribution in [0, 0.1) is 0 Å². The summed E-state index contributed by atoms with van der Waals surface area (Å²) in [5.74, 6) is 0.272. The number of benzene rings is 2. The van der Waals surface area contributed by atoms with Gasteiger partial charge in [0.15, 0.2) is 0 Å². The molecule has 2 aromatic rings. The molecule has 0 saturated heterocycles. The average Bonchev–Trinajstić information content (AvgIpc) is 2.61. The largest absolute Gasteiger partial charge is 0.496 e. The second-order valence-electron chi connectivity index (χ2n) is 6.04. The number of anilines is 1. The van der Waals surface area contributed by atoms with Crippen LogP contribution in [0.25, 0.3) is 0 Å². The molecule has 1 amide bonds. The topological polar surface area (TPSA) is 75.7 Å². The van der Waals surface area contributed by atoms with Crippen LogP contribution in [0.1, 0.15) is 25.5 Å². The fraction of sp³-hybridized carbons (Fsp3) is 0.316. The number of methoxy groups -OCH3 is 1. The third kappa shape index (κ3) is 4.54. The molecule has 0 aliphatic heterocycles. The second-order valence-corrected chi connectivity index (χ2v) is 7.90. The van der Waals surface area contributed by atoms with E-state index in [9.17, 15) is 13.2 Å². The van der Waals surface area contributed by atoms with Crippen molar-refractivity contribution in [2.75, 3.05) is 17.7 Å². The SMILES string of the molecule is COc1ccccc1C(C)NC(=O)C(C)N(c1ccccc1)S(C)(=O)=O. The lowest BCUT2D eigenvalue weighted by molar-refractivity contribution is -0.122. The second kappa shape index (κ2) is 8.23. The molecule has 26 heavy (non-hydrogen) atoms. The minimum Gasteiger partial charge on any atom is -0.496 e. The predicted molar refractivity (Wildman–Crippen MR) is 103 cm³/mol. The summed E-state index contributed by atoms with van der Waals surface area (Å²) in [6.45, 7) is 3.40. The van der Waals surface area contributed by atoms with Gasteiger partial charge in [0.1, 0.15) is 11.8 Å². The Morgan fingerprint density at radius 2 is 1.62 bits per heavy atom. The van der Waals surface area contributed by atoms with Crippen LogP contribution in [0.3, 0.4) is 0 Å². The lowest BCUT2D eigenvalue weighted by atomic mass is 10.1. The molecule has 0 fully saturated rings. The Bertz CT molecular complexity index is 853. The minimum atomic E-state index is -3.63. The maximum absolute atomic E-state index is 12.7. The van der Waals surface area contributed by atoms with Crippen molar-refractivity contribution < 1.29 is 17.9 Å². The lowest BCUT2D eigenvalue weighted by Crippen LogP contribution is -2.48. The zero-order valence-corrected chi connectivity index (χ0v) is 16.2. The molecule has 140 valence electrons. The van der Waals surface area contributed by atoms with Gasteiger partial charge in [0, 0.05) is 5.56 Å². The molecule has 0 saturated carbocycles. The number of para-hydroxylation sites is 2. The van der Waals surface area contributed by atoms with E-state index in [4.69, 9.17) is 4.74 Å². The van der Waals surface area contributed by atoms with Crippen LogP contribution in [-0.2, 0) is 14.8 Å². The monoisotopic (exact) mass is 376 g/mol. The van der Waals surface area contributed by atoms with Gasteiger partial charge in [0.2, 0.25) is 15.9 Å². The van der Waals surface area contributed by atoms with E-state index >= 15 is 0 Å². The van der Waals surface area contributed by atoms with Crippen LogP contribution in [0.15, 0.2) is 54.6 Å². The highest BCUT2D eigenvalue weighted by atomic mass is 32.2. The van der Waals surface area contributed by atoms with Gasteiger partial charge in [0.05, 0.1) is 25.1 Å². The Kier molecular flexibility index (Phi) is 6.26. The van der Waals surface area contributed by atoms with Crippen LogP contribution in [-0.4, -0.2) is 33.7 Å². The number of carbonyl (C=O) groups excluding carboxylic acids is 1.